The van der Waals surface area contributed by atoms with Gasteiger partial charge in [0.25, 0.3) is 0 Å². The number of nitrogens with one attached hydrogen (secondary N) is 1. The van der Waals surface area contributed by atoms with E-state index >= 15 is 0 Å². The Bertz CT molecular complexity index is 357. The van der Waals surface area contributed by atoms with Crippen LogP contribution in [0.5, 0.6) is 0 Å². The predicted molar refractivity (Wildman–Crippen MR) is 55.0 cm³/mol. The number of benzene rings is 1. The van der Waals surface area contributed by atoms with Gasteiger partial charge in [0.1, 0.15) is 0 Å². The number of carbonyl (C=O) groups is 2. The first kappa shape index (κ1) is 11.2. The molecule has 0 heterocycles. The molecule has 80 valence electrons. The third-order valence-electron chi connectivity index (χ3n) is 1.94. The first-order valence-corrected chi connectivity index (χ1v) is 4.55. The van der Waals surface area contributed by atoms with Crippen LogP contribution in [-0.4, -0.2) is 19.0 Å². The van der Waals surface area contributed by atoms with Gasteiger partial charge in [-0.2, -0.15) is 0 Å². The van der Waals surface area contributed by atoms with Gasteiger partial charge in [-0.25, -0.2) is 4.79 Å². The minimum atomic E-state index is -0.873. The van der Waals surface area contributed by atoms with Crippen molar-refractivity contribution in [3.63, 3.8) is 0 Å². The van der Waals surface area contributed by atoms with Crippen molar-refractivity contribution >= 4 is 11.9 Å². The first-order chi connectivity index (χ1) is 7.13. The van der Waals surface area contributed by atoms with Gasteiger partial charge in [0.2, 0.25) is 0 Å². The Labute approximate surface area is 88.2 Å². The number of methoxy groups -OCH3 is 1. The molecule has 0 unspecified atom stereocenters. The molecule has 1 amide bonds. The highest BCUT2D eigenvalue weighted by Crippen LogP contribution is 2.02. The standard InChI is InChI=1S/C11H13NO3/c1-8-3-5-9(6-4-8)7-12-10(13)11(14)15-2/h3-6H,7H2,1-2H3,(H,12,13). The van der Waals surface area contributed by atoms with Crippen molar-refractivity contribution in [3.8, 4) is 0 Å². The lowest BCUT2D eigenvalue weighted by atomic mass is 10.1. The van der Waals surface area contributed by atoms with Crippen molar-refractivity contribution in [1.82, 2.24) is 5.32 Å². The molecular weight excluding hydrogens is 194 g/mol. The summed E-state index contributed by atoms with van der Waals surface area (Å²) in [6.45, 7) is 2.31. The summed E-state index contributed by atoms with van der Waals surface area (Å²) in [4.78, 5) is 21.8. The number of hydrogen-bond donors (Lipinski definition) is 1. The lowest BCUT2D eigenvalue weighted by Gasteiger charge is -2.03. The molecule has 0 spiro atoms. The fraction of sp³-hybridized carbons (Fsp3) is 0.273. The molecular formula is C11H13NO3. The summed E-state index contributed by atoms with van der Waals surface area (Å²) in [7, 11) is 1.17. The van der Waals surface area contributed by atoms with E-state index in [0.717, 1.165) is 11.1 Å². The fourth-order valence-corrected chi connectivity index (χ4v) is 1.05. The third kappa shape index (κ3) is 3.42. The number of ether oxygens (including phenoxy) is 1. The molecule has 0 aliphatic heterocycles. The maximum atomic E-state index is 11.0. The number of amides is 1. The molecule has 0 radical (unpaired) electrons. The van der Waals surface area contributed by atoms with E-state index in [9.17, 15) is 9.59 Å². The minimum Gasteiger partial charge on any atom is -0.462 e. The second kappa shape index (κ2) is 5.14. The summed E-state index contributed by atoms with van der Waals surface area (Å²) in [5.41, 5.74) is 2.09. The van der Waals surface area contributed by atoms with Crippen LogP contribution in [0.15, 0.2) is 24.3 Å². The number of rotatable bonds is 2. The normalized spacial score (nSPS) is 9.47. The summed E-state index contributed by atoms with van der Waals surface area (Å²) >= 11 is 0. The number of hydrogen-bond acceptors (Lipinski definition) is 3. The SMILES string of the molecule is COC(=O)C(=O)NCc1ccc(C)cc1. The largest absolute Gasteiger partial charge is 0.462 e. The van der Waals surface area contributed by atoms with Crippen molar-refractivity contribution in [1.29, 1.82) is 0 Å². The number of aryl methyl sites for hydroxylation is 1. The van der Waals surface area contributed by atoms with Crippen LogP contribution in [0.2, 0.25) is 0 Å². The highest BCUT2D eigenvalue weighted by Gasteiger charge is 2.12. The molecule has 0 bridgehead atoms. The second-order valence-electron chi connectivity index (χ2n) is 3.16. The third-order valence-corrected chi connectivity index (χ3v) is 1.94. The van der Waals surface area contributed by atoms with Crippen LogP contribution in [0.1, 0.15) is 11.1 Å². The Morgan fingerprint density at radius 3 is 2.40 bits per heavy atom. The van der Waals surface area contributed by atoms with E-state index < -0.39 is 11.9 Å². The Balaban J connectivity index is 2.47. The zero-order valence-corrected chi connectivity index (χ0v) is 8.74. The van der Waals surface area contributed by atoms with Crippen LogP contribution in [0.4, 0.5) is 0 Å². The quantitative estimate of drug-likeness (QED) is 0.576. The van der Waals surface area contributed by atoms with Crippen molar-refractivity contribution < 1.29 is 14.3 Å². The zero-order chi connectivity index (χ0) is 11.3. The second-order valence-corrected chi connectivity index (χ2v) is 3.16. The van der Waals surface area contributed by atoms with Gasteiger partial charge in [-0.05, 0) is 12.5 Å². The van der Waals surface area contributed by atoms with Gasteiger partial charge in [-0.3, -0.25) is 4.79 Å². The maximum Gasteiger partial charge on any atom is 0.396 e. The molecule has 0 aromatic heterocycles. The van der Waals surface area contributed by atoms with Crippen LogP contribution >= 0.6 is 0 Å². The number of carbonyl (C=O) groups excluding carboxylic acids is 2. The molecule has 0 atom stereocenters. The number of esters is 1. The molecule has 0 aliphatic carbocycles. The topological polar surface area (TPSA) is 55.4 Å². The molecule has 4 heteroatoms. The van der Waals surface area contributed by atoms with Gasteiger partial charge >= 0.3 is 11.9 Å². The van der Waals surface area contributed by atoms with E-state index in [0.29, 0.717) is 6.54 Å². The molecule has 4 nitrogen and oxygen atoms in total. The van der Waals surface area contributed by atoms with Crippen molar-refractivity contribution in [3.05, 3.63) is 35.4 Å². The molecule has 15 heavy (non-hydrogen) atoms. The van der Waals surface area contributed by atoms with E-state index in [-0.39, 0.29) is 0 Å². The summed E-state index contributed by atoms with van der Waals surface area (Å²) in [5.74, 6) is -1.60. The minimum absolute atomic E-state index is 0.328. The van der Waals surface area contributed by atoms with Crippen molar-refractivity contribution in [2.45, 2.75) is 13.5 Å². The maximum absolute atomic E-state index is 11.0. The van der Waals surface area contributed by atoms with E-state index in [2.05, 4.69) is 10.1 Å². The molecule has 1 aromatic carbocycles. The first-order valence-electron chi connectivity index (χ1n) is 4.55. The van der Waals surface area contributed by atoms with E-state index in [1.54, 1.807) is 0 Å². The molecule has 1 aromatic rings. The lowest BCUT2D eigenvalue weighted by Crippen LogP contribution is -2.31. The summed E-state index contributed by atoms with van der Waals surface area (Å²) in [5, 5.41) is 2.46. The van der Waals surface area contributed by atoms with Gasteiger partial charge in [-0.1, -0.05) is 29.8 Å². The Morgan fingerprint density at radius 2 is 1.87 bits per heavy atom. The van der Waals surface area contributed by atoms with E-state index in [1.165, 1.54) is 7.11 Å². The van der Waals surface area contributed by atoms with Crippen LogP contribution in [-0.2, 0) is 20.9 Å². The summed E-state index contributed by atoms with van der Waals surface area (Å²) < 4.78 is 4.27. The van der Waals surface area contributed by atoms with Crippen LogP contribution in [0.25, 0.3) is 0 Å². The lowest BCUT2D eigenvalue weighted by molar-refractivity contribution is -0.152. The molecule has 0 saturated heterocycles. The fourth-order valence-electron chi connectivity index (χ4n) is 1.05. The van der Waals surface area contributed by atoms with E-state index in [1.807, 2.05) is 31.2 Å². The highest BCUT2D eigenvalue weighted by atomic mass is 16.5. The van der Waals surface area contributed by atoms with Crippen LogP contribution in [0, 0.1) is 6.92 Å². The smallest absolute Gasteiger partial charge is 0.396 e. The molecule has 1 rings (SSSR count). The van der Waals surface area contributed by atoms with Gasteiger partial charge in [0.05, 0.1) is 7.11 Å². The van der Waals surface area contributed by atoms with Gasteiger partial charge in [0, 0.05) is 6.54 Å². The van der Waals surface area contributed by atoms with Crippen LogP contribution < -0.4 is 5.32 Å². The van der Waals surface area contributed by atoms with Crippen molar-refractivity contribution in [2.24, 2.45) is 0 Å². The van der Waals surface area contributed by atoms with Gasteiger partial charge in [-0.15, -0.1) is 0 Å². The van der Waals surface area contributed by atoms with E-state index in [4.69, 9.17) is 0 Å². The zero-order valence-electron chi connectivity index (χ0n) is 8.74. The molecule has 0 saturated carbocycles. The summed E-state index contributed by atoms with van der Waals surface area (Å²) in [6, 6.07) is 7.68. The van der Waals surface area contributed by atoms with Gasteiger partial charge in [0.15, 0.2) is 0 Å². The predicted octanol–water partition coefficient (Wildman–Crippen LogP) is 0.784. The average Bonchev–Trinajstić information content (AvgIpc) is 2.26. The van der Waals surface area contributed by atoms with Crippen LogP contribution in [0.3, 0.4) is 0 Å². The highest BCUT2D eigenvalue weighted by molar-refractivity contribution is 6.32. The van der Waals surface area contributed by atoms with Crippen molar-refractivity contribution in [2.75, 3.05) is 7.11 Å². The molecule has 0 fully saturated rings. The molecule has 0 aliphatic rings. The average molecular weight is 207 g/mol. The monoisotopic (exact) mass is 207 g/mol. The Hall–Kier alpha value is -1.84. The van der Waals surface area contributed by atoms with Gasteiger partial charge < -0.3 is 10.1 Å². The Morgan fingerprint density at radius 1 is 1.27 bits per heavy atom. The molecule has 1 N–H and O–H groups in total. The Kier molecular flexibility index (Phi) is 3.85. The summed E-state index contributed by atoms with van der Waals surface area (Å²) in [6.07, 6.45) is 0.